The topological polar surface area (TPSA) is 84.9 Å². The standard InChI is InChI=1S/C13H12BrNO5S/c14-8-3-7(4-9-10(8)20-6-19-9)11(16)15-13(12(17)18)1-2-21-5-13/h3-4H,1-2,5-6H2,(H,15,16)(H,17,18). The van der Waals surface area contributed by atoms with E-state index in [2.05, 4.69) is 21.2 Å². The zero-order valence-electron chi connectivity index (χ0n) is 10.8. The van der Waals surface area contributed by atoms with Gasteiger partial charge in [0.25, 0.3) is 5.91 Å². The van der Waals surface area contributed by atoms with E-state index < -0.39 is 17.4 Å². The van der Waals surface area contributed by atoms with Crippen LogP contribution in [0.25, 0.3) is 0 Å². The number of benzene rings is 1. The van der Waals surface area contributed by atoms with Crippen LogP contribution in [-0.4, -0.2) is 40.8 Å². The number of nitrogens with one attached hydrogen (secondary N) is 1. The molecule has 2 aliphatic rings. The molecular formula is C13H12BrNO5S. The van der Waals surface area contributed by atoms with E-state index in [1.165, 1.54) is 11.8 Å². The first-order chi connectivity index (χ1) is 10.0. The third kappa shape index (κ3) is 2.57. The number of rotatable bonds is 3. The van der Waals surface area contributed by atoms with Gasteiger partial charge in [-0.3, -0.25) is 4.79 Å². The number of halogens is 1. The van der Waals surface area contributed by atoms with Crippen LogP contribution in [0.15, 0.2) is 16.6 Å². The van der Waals surface area contributed by atoms with Gasteiger partial charge < -0.3 is 19.9 Å². The van der Waals surface area contributed by atoms with Crippen LogP contribution >= 0.6 is 27.7 Å². The Kier molecular flexibility index (Phi) is 3.75. The molecule has 0 aliphatic carbocycles. The zero-order valence-corrected chi connectivity index (χ0v) is 13.3. The Bertz CT molecular complexity index is 615. The highest BCUT2D eigenvalue weighted by molar-refractivity contribution is 9.10. The van der Waals surface area contributed by atoms with Crippen LogP contribution in [0.2, 0.25) is 0 Å². The quantitative estimate of drug-likeness (QED) is 0.841. The van der Waals surface area contributed by atoms with Gasteiger partial charge in [0.15, 0.2) is 11.5 Å². The average Bonchev–Trinajstić information content (AvgIpc) is 3.07. The summed E-state index contributed by atoms with van der Waals surface area (Å²) in [6, 6.07) is 3.15. The summed E-state index contributed by atoms with van der Waals surface area (Å²) in [6.45, 7) is 0.106. The van der Waals surface area contributed by atoms with E-state index in [1.807, 2.05) is 0 Å². The Balaban J connectivity index is 1.86. The van der Waals surface area contributed by atoms with Gasteiger partial charge in [-0.25, -0.2) is 4.79 Å². The molecule has 3 rings (SSSR count). The maximum absolute atomic E-state index is 12.4. The zero-order chi connectivity index (χ0) is 15.0. The van der Waals surface area contributed by atoms with Gasteiger partial charge in [0.1, 0.15) is 5.54 Å². The molecule has 1 fully saturated rings. The van der Waals surface area contributed by atoms with Crippen LogP contribution in [0.4, 0.5) is 0 Å². The summed E-state index contributed by atoms with van der Waals surface area (Å²) in [6.07, 6.45) is 0.421. The van der Waals surface area contributed by atoms with Gasteiger partial charge in [-0.1, -0.05) is 0 Å². The van der Waals surface area contributed by atoms with Crippen molar-refractivity contribution < 1.29 is 24.2 Å². The Hall–Kier alpha value is -1.41. The van der Waals surface area contributed by atoms with Gasteiger partial charge in [0.2, 0.25) is 6.79 Å². The summed E-state index contributed by atoms with van der Waals surface area (Å²) in [5.74, 6) is 0.687. The van der Waals surface area contributed by atoms with Crippen molar-refractivity contribution in [1.82, 2.24) is 5.32 Å². The number of hydrogen-bond acceptors (Lipinski definition) is 5. The molecule has 112 valence electrons. The number of carboxylic acid groups (broad SMARTS) is 1. The van der Waals surface area contributed by atoms with Crippen molar-refractivity contribution in [2.75, 3.05) is 18.3 Å². The molecule has 1 aromatic carbocycles. The number of carboxylic acids is 1. The molecular weight excluding hydrogens is 362 g/mol. The molecule has 0 radical (unpaired) electrons. The number of amides is 1. The van der Waals surface area contributed by atoms with Gasteiger partial charge >= 0.3 is 5.97 Å². The van der Waals surface area contributed by atoms with Crippen molar-refractivity contribution in [3.05, 3.63) is 22.2 Å². The van der Waals surface area contributed by atoms with E-state index in [-0.39, 0.29) is 6.79 Å². The number of aliphatic carboxylic acids is 1. The molecule has 1 unspecified atom stereocenters. The lowest BCUT2D eigenvalue weighted by molar-refractivity contribution is -0.143. The molecule has 2 aliphatic heterocycles. The first-order valence-corrected chi connectivity index (χ1v) is 8.19. The van der Waals surface area contributed by atoms with Crippen molar-refractivity contribution in [3.8, 4) is 11.5 Å². The minimum absolute atomic E-state index is 0.106. The Morgan fingerprint density at radius 1 is 1.38 bits per heavy atom. The maximum Gasteiger partial charge on any atom is 0.330 e. The van der Waals surface area contributed by atoms with Crippen molar-refractivity contribution in [1.29, 1.82) is 0 Å². The van der Waals surface area contributed by atoms with Gasteiger partial charge in [0.05, 0.1) is 4.47 Å². The lowest BCUT2D eigenvalue weighted by Gasteiger charge is -2.24. The molecule has 8 heteroatoms. The molecule has 2 heterocycles. The molecule has 0 spiro atoms. The van der Waals surface area contributed by atoms with Gasteiger partial charge in [-0.05, 0) is 40.2 Å². The third-order valence-corrected chi connectivity index (χ3v) is 5.25. The second-order valence-corrected chi connectivity index (χ2v) is 6.80. The van der Waals surface area contributed by atoms with Gasteiger partial charge in [-0.2, -0.15) is 11.8 Å². The lowest BCUT2D eigenvalue weighted by atomic mass is 9.98. The van der Waals surface area contributed by atoms with Gasteiger partial charge in [-0.15, -0.1) is 0 Å². The largest absolute Gasteiger partial charge is 0.479 e. The van der Waals surface area contributed by atoms with Crippen LogP contribution in [0, 0.1) is 0 Å². The van der Waals surface area contributed by atoms with E-state index in [0.29, 0.717) is 33.7 Å². The van der Waals surface area contributed by atoms with E-state index in [0.717, 1.165) is 5.75 Å². The lowest BCUT2D eigenvalue weighted by Crippen LogP contribution is -2.54. The predicted octanol–water partition coefficient (Wildman–Crippen LogP) is 1.87. The van der Waals surface area contributed by atoms with Crippen LogP contribution in [0.5, 0.6) is 11.5 Å². The molecule has 0 saturated carbocycles. The van der Waals surface area contributed by atoms with E-state index in [1.54, 1.807) is 12.1 Å². The van der Waals surface area contributed by atoms with Crippen molar-refractivity contribution in [2.45, 2.75) is 12.0 Å². The molecule has 0 aromatic heterocycles. The second-order valence-electron chi connectivity index (χ2n) is 4.84. The Labute approximate surface area is 133 Å². The van der Waals surface area contributed by atoms with E-state index in [4.69, 9.17) is 9.47 Å². The number of hydrogen-bond donors (Lipinski definition) is 2. The minimum Gasteiger partial charge on any atom is -0.479 e. The molecule has 6 nitrogen and oxygen atoms in total. The van der Waals surface area contributed by atoms with Crippen molar-refractivity contribution >= 4 is 39.6 Å². The summed E-state index contributed by atoms with van der Waals surface area (Å²) in [4.78, 5) is 23.8. The fraction of sp³-hybridized carbons (Fsp3) is 0.385. The van der Waals surface area contributed by atoms with Crippen LogP contribution in [0.1, 0.15) is 16.8 Å². The highest BCUT2D eigenvalue weighted by atomic mass is 79.9. The number of thioether (sulfide) groups is 1. The second kappa shape index (κ2) is 5.42. The average molecular weight is 374 g/mol. The molecule has 1 aromatic rings. The SMILES string of the molecule is O=C(NC1(C(=O)O)CCSC1)c1cc(Br)c2c(c1)OCO2. The van der Waals surface area contributed by atoms with E-state index >= 15 is 0 Å². The highest BCUT2D eigenvalue weighted by Gasteiger charge is 2.43. The summed E-state index contributed by atoms with van der Waals surface area (Å²) < 4.78 is 11.1. The maximum atomic E-state index is 12.4. The molecule has 1 saturated heterocycles. The number of ether oxygens (including phenoxy) is 2. The normalized spacial score (nSPS) is 23.1. The van der Waals surface area contributed by atoms with Crippen LogP contribution in [0.3, 0.4) is 0 Å². The van der Waals surface area contributed by atoms with E-state index in [9.17, 15) is 14.7 Å². The van der Waals surface area contributed by atoms with Gasteiger partial charge in [0, 0.05) is 11.3 Å². The fourth-order valence-electron chi connectivity index (χ4n) is 2.27. The Morgan fingerprint density at radius 3 is 2.86 bits per heavy atom. The molecule has 0 bridgehead atoms. The fourth-order valence-corrected chi connectivity index (χ4v) is 4.16. The summed E-state index contributed by atoms with van der Waals surface area (Å²) >= 11 is 4.84. The predicted molar refractivity (Wildman–Crippen MR) is 80.0 cm³/mol. The first-order valence-electron chi connectivity index (χ1n) is 6.25. The molecule has 1 atom stereocenters. The summed E-state index contributed by atoms with van der Waals surface area (Å²) in [5.41, 5.74) is -0.853. The molecule has 2 N–H and O–H groups in total. The van der Waals surface area contributed by atoms with Crippen LogP contribution in [-0.2, 0) is 4.79 Å². The summed E-state index contributed by atoms with van der Waals surface area (Å²) in [7, 11) is 0. The number of fused-ring (bicyclic) bond motifs is 1. The smallest absolute Gasteiger partial charge is 0.330 e. The number of carbonyl (C=O) groups excluding carboxylic acids is 1. The highest BCUT2D eigenvalue weighted by Crippen LogP contribution is 2.40. The monoisotopic (exact) mass is 373 g/mol. The van der Waals surface area contributed by atoms with Crippen molar-refractivity contribution in [3.63, 3.8) is 0 Å². The van der Waals surface area contributed by atoms with Crippen molar-refractivity contribution in [2.24, 2.45) is 0 Å². The Morgan fingerprint density at radius 2 is 2.19 bits per heavy atom. The molecule has 1 amide bonds. The summed E-state index contributed by atoms with van der Waals surface area (Å²) in [5, 5.41) is 12.0. The first kappa shape index (κ1) is 14.5. The minimum atomic E-state index is -1.19. The van der Waals surface area contributed by atoms with Crippen LogP contribution < -0.4 is 14.8 Å². The third-order valence-electron chi connectivity index (χ3n) is 3.47. The number of carbonyl (C=O) groups is 2. The molecule has 21 heavy (non-hydrogen) atoms.